The van der Waals surface area contributed by atoms with E-state index in [-0.39, 0.29) is 29.1 Å². The number of halogens is 1. The minimum Gasteiger partial charge on any atom is -0.362 e. The Balaban J connectivity index is 1.49. The first-order valence-corrected chi connectivity index (χ1v) is 12.3. The summed E-state index contributed by atoms with van der Waals surface area (Å²) < 4.78 is 0. The zero-order valence-corrected chi connectivity index (χ0v) is 20.5. The van der Waals surface area contributed by atoms with Crippen molar-refractivity contribution in [3.63, 3.8) is 0 Å². The Kier molecular flexibility index (Phi) is 7.87. The van der Waals surface area contributed by atoms with Gasteiger partial charge in [0.15, 0.2) is 0 Å². The van der Waals surface area contributed by atoms with E-state index in [2.05, 4.69) is 10.2 Å². The van der Waals surface area contributed by atoms with Crippen LogP contribution in [0.5, 0.6) is 0 Å². The highest BCUT2D eigenvalue weighted by Gasteiger charge is 2.28. The van der Waals surface area contributed by atoms with E-state index in [1.165, 1.54) is 13.0 Å². The normalized spacial score (nSPS) is 17.3. The van der Waals surface area contributed by atoms with Crippen molar-refractivity contribution in [2.75, 3.05) is 50.7 Å². The third-order valence-electron chi connectivity index (χ3n) is 6.80. The Labute approximate surface area is 209 Å². The summed E-state index contributed by atoms with van der Waals surface area (Å²) in [6.45, 7) is 5.76. The topological polar surface area (TPSA) is 99.0 Å². The Morgan fingerprint density at radius 2 is 1.74 bits per heavy atom. The van der Waals surface area contributed by atoms with E-state index in [1.54, 1.807) is 17.0 Å². The van der Waals surface area contributed by atoms with Crippen LogP contribution in [0.25, 0.3) is 0 Å². The van der Waals surface area contributed by atoms with Gasteiger partial charge in [-0.05, 0) is 49.7 Å². The number of likely N-dealkylation sites (tertiary alicyclic amines) is 1. The number of hydrogen-bond donors (Lipinski definition) is 1. The maximum absolute atomic E-state index is 13.0. The standard InChI is InChI=1S/C25H30ClN5O4/c1-18(32)28-12-14-30(15-13-28)22-9-8-19(16-23(22)31(34)35)25(33)27-17-24(29-10-4-5-11-29)20-6-2-3-7-21(20)26/h2-3,6-9,16,24H,4-5,10-15,17H2,1H3,(H,27,33). The largest absolute Gasteiger partial charge is 0.362 e. The zero-order chi connectivity index (χ0) is 24.9. The molecule has 4 rings (SSSR count). The molecule has 35 heavy (non-hydrogen) atoms. The number of nitrogens with zero attached hydrogens (tertiary/aromatic N) is 4. The fraction of sp³-hybridized carbons (Fsp3) is 0.440. The van der Waals surface area contributed by atoms with E-state index in [1.807, 2.05) is 29.2 Å². The summed E-state index contributed by atoms with van der Waals surface area (Å²) >= 11 is 6.46. The van der Waals surface area contributed by atoms with Gasteiger partial charge in [-0.2, -0.15) is 0 Å². The van der Waals surface area contributed by atoms with E-state index >= 15 is 0 Å². The van der Waals surface area contributed by atoms with Crippen LogP contribution in [0.15, 0.2) is 42.5 Å². The Morgan fingerprint density at radius 1 is 1.06 bits per heavy atom. The van der Waals surface area contributed by atoms with Crippen LogP contribution in [0.2, 0.25) is 5.02 Å². The van der Waals surface area contributed by atoms with Crippen molar-refractivity contribution >= 4 is 34.8 Å². The van der Waals surface area contributed by atoms with Crippen LogP contribution < -0.4 is 10.2 Å². The molecule has 2 aliphatic heterocycles. The molecule has 2 aromatic carbocycles. The third-order valence-corrected chi connectivity index (χ3v) is 7.15. The number of carbonyl (C=O) groups is 2. The molecular weight excluding hydrogens is 470 g/mol. The van der Waals surface area contributed by atoms with Crippen molar-refractivity contribution in [2.45, 2.75) is 25.8 Å². The number of rotatable bonds is 7. The minimum absolute atomic E-state index is 0.00445. The predicted octanol–water partition coefficient (Wildman–Crippen LogP) is 3.48. The van der Waals surface area contributed by atoms with Gasteiger partial charge in [-0.1, -0.05) is 29.8 Å². The van der Waals surface area contributed by atoms with Crippen LogP contribution in [-0.2, 0) is 4.79 Å². The molecule has 2 saturated heterocycles. The van der Waals surface area contributed by atoms with Crippen molar-refractivity contribution in [1.82, 2.24) is 15.1 Å². The molecule has 9 nitrogen and oxygen atoms in total. The molecule has 186 valence electrons. The molecule has 0 aliphatic carbocycles. The predicted molar refractivity (Wildman–Crippen MR) is 135 cm³/mol. The number of amides is 2. The Morgan fingerprint density at radius 3 is 2.37 bits per heavy atom. The van der Waals surface area contributed by atoms with E-state index in [0.717, 1.165) is 31.5 Å². The summed E-state index contributed by atoms with van der Waals surface area (Å²) in [7, 11) is 0. The number of nitro groups is 1. The highest BCUT2D eigenvalue weighted by atomic mass is 35.5. The van der Waals surface area contributed by atoms with Crippen LogP contribution in [0.4, 0.5) is 11.4 Å². The molecule has 1 atom stereocenters. The summed E-state index contributed by atoms with van der Waals surface area (Å²) in [4.78, 5) is 41.9. The van der Waals surface area contributed by atoms with Crippen molar-refractivity contribution < 1.29 is 14.5 Å². The first-order chi connectivity index (χ1) is 16.8. The SMILES string of the molecule is CC(=O)N1CCN(c2ccc(C(=O)NCC(c3ccccc3Cl)N3CCCC3)cc2[N+](=O)[O-])CC1. The van der Waals surface area contributed by atoms with Crippen LogP contribution >= 0.6 is 11.6 Å². The maximum Gasteiger partial charge on any atom is 0.293 e. The van der Waals surface area contributed by atoms with Crippen molar-refractivity contribution in [3.05, 3.63) is 68.7 Å². The maximum atomic E-state index is 13.0. The lowest BCUT2D eigenvalue weighted by Gasteiger charge is -2.35. The lowest BCUT2D eigenvalue weighted by molar-refractivity contribution is -0.384. The van der Waals surface area contributed by atoms with Crippen LogP contribution in [0.3, 0.4) is 0 Å². The Bertz CT molecular complexity index is 1100. The van der Waals surface area contributed by atoms with Crippen LogP contribution in [-0.4, -0.2) is 72.4 Å². The highest BCUT2D eigenvalue weighted by molar-refractivity contribution is 6.31. The molecule has 0 spiro atoms. The lowest BCUT2D eigenvalue weighted by Crippen LogP contribution is -2.48. The van der Waals surface area contributed by atoms with Crippen molar-refractivity contribution in [2.24, 2.45) is 0 Å². The summed E-state index contributed by atoms with van der Waals surface area (Å²) in [5.74, 6) is -0.368. The quantitative estimate of drug-likeness (QED) is 0.462. The lowest BCUT2D eigenvalue weighted by atomic mass is 10.0. The van der Waals surface area contributed by atoms with Gasteiger partial charge in [0, 0.05) is 56.3 Å². The monoisotopic (exact) mass is 499 g/mol. The second-order valence-electron chi connectivity index (χ2n) is 8.94. The van der Waals surface area contributed by atoms with Gasteiger partial charge in [-0.25, -0.2) is 0 Å². The van der Waals surface area contributed by atoms with E-state index in [9.17, 15) is 19.7 Å². The van der Waals surface area contributed by atoms with Crippen molar-refractivity contribution in [1.29, 1.82) is 0 Å². The van der Waals surface area contributed by atoms with E-state index in [4.69, 9.17) is 11.6 Å². The van der Waals surface area contributed by atoms with Gasteiger partial charge in [-0.3, -0.25) is 24.6 Å². The zero-order valence-electron chi connectivity index (χ0n) is 19.8. The summed E-state index contributed by atoms with van der Waals surface area (Å²) in [5, 5.41) is 15.5. The Hall–Kier alpha value is -3.17. The molecule has 2 aromatic rings. The van der Waals surface area contributed by atoms with E-state index < -0.39 is 4.92 Å². The van der Waals surface area contributed by atoms with Crippen molar-refractivity contribution in [3.8, 4) is 0 Å². The molecule has 0 saturated carbocycles. The second kappa shape index (κ2) is 11.0. The molecule has 0 aromatic heterocycles. The molecule has 2 heterocycles. The first-order valence-electron chi connectivity index (χ1n) is 11.9. The number of benzene rings is 2. The molecule has 1 unspecified atom stereocenters. The number of carbonyl (C=O) groups excluding carboxylic acids is 2. The molecule has 2 amide bonds. The first kappa shape index (κ1) is 24.9. The smallest absolute Gasteiger partial charge is 0.293 e. The molecular formula is C25H30ClN5O4. The molecule has 2 aliphatic rings. The molecule has 1 N–H and O–H groups in total. The van der Waals surface area contributed by atoms with E-state index in [0.29, 0.717) is 43.4 Å². The van der Waals surface area contributed by atoms with Gasteiger partial charge < -0.3 is 15.1 Å². The van der Waals surface area contributed by atoms with Gasteiger partial charge >= 0.3 is 0 Å². The average molecular weight is 500 g/mol. The van der Waals surface area contributed by atoms with Gasteiger partial charge in [0.1, 0.15) is 5.69 Å². The summed E-state index contributed by atoms with van der Waals surface area (Å²) in [5.41, 5.74) is 1.54. The van der Waals surface area contributed by atoms with Gasteiger partial charge in [0.25, 0.3) is 11.6 Å². The molecule has 0 bridgehead atoms. The number of piperazine rings is 1. The van der Waals surface area contributed by atoms with Gasteiger partial charge in [-0.15, -0.1) is 0 Å². The number of anilines is 1. The fourth-order valence-electron chi connectivity index (χ4n) is 4.87. The molecule has 10 heteroatoms. The van der Waals surface area contributed by atoms with Crippen LogP contribution in [0.1, 0.15) is 41.7 Å². The number of nitro benzene ring substituents is 1. The average Bonchev–Trinajstić information content (AvgIpc) is 3.39. The minimum atomic E-state index is -0.458. The molecule has 2 fully saturated rings. The number of nitrogens with one attached hydrogen (secondary N) is 1. The van der Waals surface area contributed by atoms with Gasteiger partial charge in [0.05, 0.1) is 11.0 Å². The van der Waals surface area contributed by atoms with Gasteiger partial charge in [0.2, 0.25) is 5.91 Å². The summed E-state index contributed by atoms with van der Waals surface area (Å²) in [6, 6.07) is 12.2. The second-order valence-corrected chi connectivity index (χ2v) is 9.35. The fourth-order valence-corrected chi connectivity index (χ4v) is 5.13. The molecule has 0 radical (unpaired) electrons. The summed E-state index contributed by atoms with van der Waals surface area (Å²) in [6.07, 6.45) is 2.20. The third kappa shape index (κ3) is 5.74. The van der Waals surface area contributed by atoms with Crippen LogP contribution in [0, 0.1) is 10.1 Å². The number of hydrogen-bond acceptors (Lipinski definition) is 6. The highest BCUT2D eigenvalue weighted by Crippen LogP contribution is 2.32.